The van der Waals surface area contributed by atoms with E-state index in [1.54, 1.807) is 37.4 Å². The van der Waals surface area contributed by atoms with Crippen LogP contribution in [-0.4, -0.2) is 53.0 Å². The highest BCUT2D eigenvalue weighted by atomic mass is 19.4. The number of aromatic nitrogens is 4. The van der Waals surface area contributed by atoms with Crippen LogP contribution in [0.2, 0.25) is 0 Å². The zero-order valence-corrected chi connectivity index (χ0v) is 26.0. The van der Waals surface area contributed by atoms with E-state index in [9.17, 15) is 46.1 Å². The highest BCUT2D eigenvalue weighted by molar-refractivity contribution is 5.89. The van der Waals surface area contributed by atoms with E-state index in [1.807, 2.05) is 0 Å². The van der Waals surface area contributed by atoms with Gasteiger partial charge in [-0.2, -0.15) is 31.4 Å². The molecule has 0 aliphatic carbocycles. The number of cyclic esters (lactones) is 1. The number of rotatable bonds is 7. The Kier molecular flexibility index (Phi) is 8.49. The second kappa shape index (κ2) is 12.5. The predicted octanol–water partition coefficient (Wildman–Crippen LogP) is 7.83. The first kappa shape index (κ1) is 34.0. The van der Waals surface area contributed by atoms with E-state index in [1.165, 1.54) is 42.2 Å². The van der Waals surface area contributed by atoms with Gasteiger partial charge in [-0.25, -0.2) is 24.2 Å². The van der Waals surface area contributed by atoms with Crippen LogP contribution in [0, 0.1) is 6.92 Å². The molecular weight excluding hydrogens is 672 g/mol. The van der Waals surface area contributed by atoms with E-state index in [-0.39, 0.29) is 46.7 Å². The molecule has 1 aliphatic rings. The number of amides is 1. The summed E-state index contributed by atoms with van der Waals surface area (Å²) in [6.07, 6.45) is -8.33. The summed E-state index contributed by atoms with van der Waals surface area (Å²) in [6, 6.07) is 10.8. The van der Waals surface area contributed by atoms with Crippen LogP contribution >= 0.6 is 0 Å². The first-order chi connectivity index (χ1) is 23.5. The lowest BCUT2D eigenvalue weighted by atomic mass is 9.94. The Morgan fingerprint density at radius 3 is 2.24 bits per heavy atom. The van der Waals surface area contributed by atoms with Crippen molar-refractivity contribution in [2.75, 3.05) is 0 Å². The van der Waals surface area contributed by atoms with Crippen LogP contribution in [0.15, 0.2) is 79.3 Å². The maximum atomic E-state index is 13.6. The van der Waals surface area contributed by atoms with Gasteiger partial charge in [0, 0.05) is 29.7 Å². The Morgan fingerprint density at radius 2 is 1.64 bits per heavy atom. The zero-order chi connectivity index (χ0) is 36.1. The third-order valence-electron chi connectivity index (χ3n) is 8.29. The van der Waals surface area contributed by atoms with Crippen molar-refractivity contribution < 1.29 is 50.9 Å². The van der Waals surface area contributed by atoms with Gasteiger partial charge in [0.2, 0.25) is 0 Å². The summed E-state index contributed by atoms with van der Waals surface area (Å²) in [4.78, 5) is 34.7. The Balaban J connectivity index is 1.41. The summed E-state index contributed by atoms with van der Waals surface area (Å²) in [6.45, 7) is 2.78. The molecule has 5 aromatic rings. The third kappa shape index (κ3) is 6.55. The van der Waals surface area contributed by atoms with E-state index in [4.69, 9.17) is 4.74 Å². The maximum Gasteiger partial charge on any atom is 0.416 e. The van der Waals surface area contributed by atoms with Gasteiger partial charge in [-0.1, -0.05) is 12.1 Å². The van der Waals surface area contributed by atoms with Crippen LogP contribution in [0.5, 0.6) is 5.75 Å². The monoisotopic (exact) mass is 697 g/mol. The minimum Gasteiger partial charge on any atom is -0.507 e. The summed E-state index contributed by atoms with van der Waals surface area (Å²) < 4.78 is 88.4. The molecule has 2 aromatic heterocycles. The van der Waals surface area contributed by atoms with Gasteiger partial charge in [-0.15, -0.1) is 0 Å². The quantitative estimate of drug-likeness (QED) is 0.165. The first-order valence-corrected chi connectivity index (χ1v) is 14.8. The van der Waals surface area contributed by atoms with Gasteiger partial charge in [0.05, 0.1) is 35.0 Å². The number of halogens is 6. The molecule has 2 atom stereocenters. The molecule has 16 heteroatoms. The molecular formula is C34H25F6N5O5. The summed E-state index contributed by atoms with van der Waals surface area (Å²) in [7, 11) is 0. The van der Waals surface area contributed by atoms with Gasteiger partial charge >= 0.3 is 24.4 Å². The molecule has 6 rings (SSSR count). The molecule has 258 valence electrons. The lowest BCUT2D eigenvalue weighted by molar-refractivity contribution is -0.143. The summed E-state index contributed by atoms with van der Waals surface area (Å²) >= 11 is 0. The third-order valence-corrected chi connectivity index (χ3v) is 8.29. The number of hydrogen-bond donors (Lipinski definition) is 2. The summed E-state index contributed by atoms with van der Waals surface area (Å²) in [5.41, 5.74) is -1.03. The van der Waals surface area contributed by atoms with E-state index < -0.39 is 53.3 Å². The average Bonchev–Trinajstić information content (AvgIpc) is 3.69. The Morgan fingerprint density at radius 1 is 0.940 bits per heavy atom. The number of phenolic OH excluding ortho intramolecular Hbond substituents is 1. The van der Waals surface area contributed by atoms with Gasteiger partial charge < -0.3 is 14.9 Å². The van der Waals surface area contributed by atoms with Crippen molar-refractivity contribution in [3.63, 3.8) is 0 Å². The number of carboxylic acid groups (broad SMARTS) is 1. The van der Waals surface area contributed by atoms with Crippen LogP contribution in [0.1, 0.15) is 51.3 Å². The lowest BCUT2D eigenvalue weighted by Gasteiger charge is -2.23. The van der Waals surface area contributed by atoms with E-state index in [2.05, 4.69) is 15.1 Å². The number of aromatic hydroxyl groups is 1. The lowest BCUT2D eigenvalue weighted by Crippen LogP contribution is -2.32. The molecule has 50 heavy (non-hydrogen) atoms. The topological polar surface area (TPSA) is 131 Å². The molecule has 3 aromatic carbocycles. The number of carbonyl (C=O) groups is 2. The van der Waals surface area contributed by atoms with Crippen molar-refractivity contribution in [2.45, 2.75) is 44.9 Å². The van der Waals surface area contributed by atoms with Crippen LogP contribution in [0.4, 0.5) is 31.1 Å². The fraction of sp³-hybridized carbons (Fsp3) is 0.206. The number of aromatic carboxylic acids is 1. The largest absolute Gasteiger partial charge is 0.507 e. The van der Waals surface area contributed by atoms with Crippen molar-refractivity contribution in [3.05, 3.63) is 113 Å². The molecule has 0 saturated carbocycles. The second-order valence-corrected chi connectivity index (χ2v) is 11.6. The Hall–Kier alpha value is -5.93. The van der Waals surface area contributed by atoms with E-state index in [0.29, 0.717) is 28.8 Å². The minimum atomic E-state index is -5.10. The van der Waals surface area contributed by atoms with Crippen molar-refractivity contribution >= 4 is 12.1 Å². The number of ether oxygens (including phenoxy) is 1. The molecule has 1 amide bonds. The minimum absolute atomic E-state index is 0.00468. The molecule has 3 heterocycles. The van der Waals surface area contributed by atoms with E-state index in [0.717, 1.165) is 4.90 Å². The molecule has 10 nitrogen and oxygen atoms in total. The molecule has 0 radical (unpaired) electrons. The summed E-state index contributed by atoms with van der Waals surface area (Å²) in [5.74, 6) is -1.24. The molecule has 1 saturated heterocycles. The number of carboxylic acids is 1. The molecule has 0 bridgehead atoms. The zero-order valence-electron chi connectivity index (χ0n) is 26.0. The van der Waals surface area contributed by atoms with Crippen molar-refractivity contribution in [3.8, 4) is 34.0 Å². The fourth-order valence-electron chi connectivity index (χ4n) is 5.75. The van der Waals surface area contributed by atoms with Gasteiger partial charge in [0.25, 0.3) is 5.95 Å². The summed E-state index contributed by atoms with van der Waals surface area (Å²) in [5, 5.41) is 24.5. The van der Waals surface area contributed by atoms with Crippen LogP contribution in [-0.2, 0) is 23.6 Å². The Bertz CT molecular complexity index is 2080. The van der Waals surface area contributed by atoms with Gasteiger partial charge in [-0.05, 0) is 84.6 Å². The van der Waals surface area contributed by atoms with Crippen LogP contribution in [0.3, 0.4) is 0 Å². The smallest absolute Gasteiger partial charge is 0.416 e. The number of carbonyl (C=O) groups excluding carboxylic acids is 1. The predicted molar refractivity (Wildman–Crippen MR) is 164 cm³/mol. The number of hydrogen-bond acceptors (Lipinski definition) is 7. The number of nitrogens with zero attached hydrogens (tertiary/aromatic N) is 5. The van der Waals surface area contributed by atoms with Gasteiger partial charge in [-0.3, -0.25) is 4.90 Å². The second-order valence-electron chi connectivity index (χ2n) is 11.6. The molecule has 2 N–H and O–H groups in total. The Labute approximate surface area is 279 Å². The van der Waals surface area contributed by atoms with Crippen molar-refractivity contribution in [1.29, 1.82) is 0 Å². The average molecular weight is 698 g/mol. The fourth-order valence-corrected chi connectivity index (χ4v) is 5.75. The highest BCUT2D eigenvalue weighted by Gasteiger charge is 2.43. The van der Waals surface area contributed by atoms with Gasteiger partial charge in [0.1, 0.15) is 11.9 Å². The number of benzene rings is 3. The van der Waals surface area contributed by atoms with E-state index >= 15 is 0 Å². The molecule has 1 fully saturated rings. The number of aryl methyl sites for hydroxylation is 1. The van der Waals surface area contributed by atoms with Crippen LogP contribution < -0.4 is 0 Å². The van der Waals surface area contributed by atoms with Crippen molar-refractivity contribution in [2.24, 2.45) is 0 Å². The number of alkyl halides is 6. The normalized spacial score (nSPS) is 16.5. The van der Waals surface area contributed by atoms with Crippen molar-refractivity contribution in [1.82, 2.24) is 24.6 Å². The number of phenols is 1. The SMILES string of the molecule is Cc1cc(C(=O)O)ccc1-c1ccc(O)c(-c2cnc(-n3cccn3)nc2CN2C(=O)O[C@H](c3cc(C(F)(F)F)cc(C(F)(F)F)c3)[C@@H]2C)c1. The highest BCUT2D eigenvalue weighted by Crippen LogP contribution is 2.42. The molecule has 0 unspecified atom stereocenters. The van der Waals surface area contributed by atoms with Crippen LogP contribution in [0.25, 0.3) is 28.2 Å². The maximum absolute atomic E-state index is 13.6. The molecule has 0 spiro atoms. The van der Waals surface area contributed by atoms with Gasteiger partial charge in [0.15, 0.2) is 0 Å². The first-order valence-electron chi connectivity index (χ1n) is 14.8. The standard InChI is InChI=1S/C34H25F6N5O5/c1-17-10-20(30(47)48)4-6-24(17)19-5-7-28(46)25(13-19)26-15-41-31(45-9-3-8-42-45)43-27(26)16-44-18(2)29(50-32(44)49)21-11-22(33(35,36)37)14-23(12-21)34(38,39)40/h3-15,18,29,46H,16H2,1-2H3,(H,47,48)/t18-,29-/m0/s1. The molecule has 1 aliphatic heterocycles.